The zero-order valence-corrected chi connectivity index (χ0v) is 18.4. The third-order valence-corrected chi connectivity index (χ3v) is 7.28. The highest BCUT2D eigenvalue weighted by Gasteiger charge is 2.66. The number of thiophene rings is 1. The van der Waals surface area contributed by atoms with Gasteiger partial charge < -0.3 is 30.9 Å². The molecule has 2 atom stereocenters. The normalized spacial score (nSPS) is 22.5. The van der Waals surface area contributed by atoms with Crippen molar-refractivity contribution in [1.29, 1.82) is 0 Å². The summed E-state index contributed by atoms with van der Waals surface area (Å²) in [7, 11) is 2.66. The Hall–Kier alpha value is -2.61. The van der Waals surface area contributed by atoms with Gasteiger partial charge in [-0.15, -0.1) is 23.1 Å². The van der Waals surface area contributed by atoms with Crippen LogP contribution >= 0.6 is 23.1 Å². The lowest BCUT2D eigenvalue weighted by Crippen LogP contribution is -2.80. The summed E-state index contributed by atoms with van der Waals surface area (Å²) in [6.07, 6.45) is -0.683. The minimum Gasteiger partial charge on any atom is -0.477 e. The molecule has 0 saturated carbocycles. The number of carbonyl (C=O) groups excluding carboxylic acids is 3. The summed E-state index contributed by atoms with van der Waals surface area (Å²) in [6.45, 7) is 0.0930. The fraction of sp³-hybridized carbons (Fsp3) is 0.444. The lowest BCUT2D eigenvalue weighted by molar-refractivity contribution is -0.192. The average molecular weight is 471 g/mol. The number of rotatable bonds is 8. The second-order valence-corrected chi connectivity index (χ2v) is 8.98. The number of β-lactam (4-membered cyclic amide) rings is 1. The van der Waals surface area contributed by atoms with Crippen molar-refractivity contribution in [2.75, 3.05) is 26.5 Å². The van der Waals surface area contributed by atoms with Crippen LogP contribution in [-0.4, -0.2) is 71.5 Å². The van der Waals surface area contributed by atoms with Crippen molar-refractivity contribution in [3.8, 4) is 0 Å². The van der Waals surface area contributed by atoms with E-state index >= 15 is 0 Å². The van der Waals surface area contributed by atoms with Crippen LogP contribution in [0.2, 0.25) is 0 Å². The number of carbonyl (C=O) groups is 4. The molecule has 0 bridgehead atoms. The van der Waals surface area contributed by atoms with Gasteiger partial charge in [0.25, 0.3) is 11.6 Å². The van der Waals surface area contributed by atoms with Crippen LogP contribution in [0.5, 0.6) is 0 Å². The highest BCUT2D eigenvalue weighted by molar-refractivity contribution is 8.00. The van der Waals surface area contributed by atoms with Gasteiger partial charge in [0.15, 0.2) is 0 Å². The number of ether oxygens (including phenoxy) is 2. The summed E-state index contributed by atoms with van der Waals surface area (Å²) in [5.41, 5.74) is 3.91. The number of fused-ring (bicyclic) bond motifs is 1. The molecular formula is C18H22N4O7S2. The maximum atomic E-state index is 13.0. The summed E-state index contributed by atoms with van der Waals surface area (Å²) in [4.78, 5) is 51.5. The number of hydrogen-bond donors (Lipinski definition) is 4. The molecule has 3 amide bonds. The second-order valence-electron chi connectivity index (χ2n) is 6.66. The first kappa shape index (κ1) is 23.1. The highest BCUT2D eigenvalue weighted by Crippen LogP contribution is 2.46. The molecule has 31 heavy (non-hydrogen) atoms. The van der Waals surface area contributed by atoms with Crippen LogP contribution in [0.25, 0.3) is 0 Å². The molecule has 13 heteroatoms. The van der Waals surface area contributed by atoms with Crippen molar-refractivity contribution >= 4 is 47.0 Å². The molecule has 0 unspecified atom stereocenters. The molecule has 1 aromatic heterocycles. The van der Waals surface area contributed by atoms with E-state index in [0.29, 0.717) is 6.54 Å². The van der Waals surface area contributed by atoms with E-state index in [1.54, 1.807) is 6.07 Å². The molecule has 11 nitrogen and oxygen atoms in total. The Kier molecular flexibility index (Phi) is 6.89. The lowest BCUT2D eigenvalue weighted by atomic mass is 9.98. The third kappa shape index (κ3) is 4.26. The van der Waals surface area contributed by atoms with Crippen LogP contribution in [0.1, 0.15) is 9.75 Å². The summed E-state index contributed by atoms with van der Waals surface area (Å²) < 4.78 is 10.3. The summed E-state index contributed by atoms with van der Waals surface area (Å²) in [5.74, 6) is -2.29. The number of amides is 3. The fourth-order valence-corrected chi connectivity index (χ4v) is 5.63. The van der Waals surface area contributed by atoms with E-state index in [4.69, 9.17) is 15.2 Å². The molecular weight excluding hydrogens is 448 g/mol. The van der Waals surface area contributed by atoms with Crippen molar-refractivity contribution in [3.63, 3.8) is 0 Å². The Bertz CT molecular complexity index is 947. The number of hydrogen-bond acceptors (Lipinski definition) is 9. The van der Waals surface area contributed by atoms with Crippen molar-refractivity contribution in [3.05, 3.63) is 33.2 Å². The topological polar surface area (TPSA) is 160 Å². The molecule has 2 aliphatic heterocycles. The van der Waals surface area contributed by atoms with E-state index in [-0.39, 0.29) is 30.1 Å². The van der Waals surface area contributed by atoms with Crippen LogP contribution in [0, 0.1) is 0 Å². The third-order valence-electron chi connectivity index (χ3n) is 4.79. The van der Waals surface area contributed by atoms with Gasteiger partial charge >= 0.3 is 12.1 Å². The van der Waals surface area contributed by atoms with Gasteiger partial charge in [-0.2, -0.15) is 0 Å². The molecule has 0 radical (unpaired) electrons. The number of nitrogens with one attached hydrogen (secondary N) is 2. The molecule has 5 N–H and O–H groups in total. The zero-order chi connectivity index (χ0) is 22.8. The summed E-state index contributed by atoms with van der Waals surface area (Å²) >= 11 is 2.61. The van der Waals surface area contributed by atoms with Crippen molar-refractivity contribution < 1.29 is 33.8 Å². The van der Waals surface area contributed by atoms with Gasteiger partial charge in [-0.1, -0.05) is 0 Å². The molecule has 1 saturated heterocycles. The molecule has 3 heterocycles. The van der Waals surface area contributed by atoms with Crippen LogP contribution in [0.4, 0.5) is 4.79 Å². The summed E-state index contributed by atoms with van der Waals surface area (Å²) in [6, 6.07) is 3.62. The standard InChI is InChI=1S/C18H22N4O7S2/c1-20-17(27)29-7-9-8-30-16-18(28-2,15(26)22(16)13(9)14(24)25)21-12(23)5-10-3-4-11(6-19)31-10/h3-4,16H,5-8,19H2,1-2H3,(H,20,27)(H,21,23)(H,24,25)/t16-,18-/m0/s1. The van der Waals surface area contributed by atoms with Crippen LogP contribution in [0.3, 0.4) is 0 Å². The van der Waals surface area contributed by atoms with E-state index in [2.05, 4.69) is 10.6 Å². The van der Waals surface area contributed by atoms with Crippen molar-refractivity contribution in [2.24, 2.45) is 5.73 Å². The Morgan fingerprint density at radius 3 is 2.65 bits per heavy atom. The number of thioether (sulfide) groups is 1. The van der Waals surface area contributed by atoms with Gasteiger partial charge in [-0.3, -0.25) is 14.5 Å². The van der Waals surface area contributed by atoms with Gasteiger partial charge in [0.05, 0.1) is 6.42 Å². The predicted molar refractivity (Wildman–Crippen MR) is 112 cm³/mol. The van der Waals surface area contributed by atoms with E-state index in [9.17, 15) is 24.3 Å². The minimum atomic E-state index is -1.68. The average Bonchev–Trinajstić information content (AvgIpc) is 3.21. The van der Waals surface area contributed by atoms with Crippen LogP contribution < -0.4 is 16.4 Å². The van der Waals surface area contributed by atoms with Gasteiger partial charge in [-0.05, 0) is 12.1 Å². The number of nitrogens with two attached hydrogens (primary N) is 1. The van der Waals surface area contributed by atoms with Gasteiger partial charge in [0, 0.05) is 41.8 Å². The van der Waals surface area contributed by atoms with Crippen molar-refractivity contribution in [2.45, 2.75) is 24.1 Å². The number of carboxylic acid groups (broad SMARTS) is 1. The Labute approximate surface area is 185 Å². The molecule has 0 aliphatic carbocycles. The molecule has 0 spiro atoms. The van der Waals surface area contributed by atoms with Gasteiger partial charge in [0.1, 0.15) is 17.7 Å². The maximum Gasteiger partial charge on any atom is 0.407 e. The number of nitrogens with zero attached hydrogens (tertiary/aromatic N) is 1. The van der Waals surface area contributed by atoms with E-state index in [1.165, 1.54) is 37.3 Å². The Morgan fingerprint density at radius 1 is 1.35 bits per heavy atom. The first-order chi connectivity index (χ1) is 14.8. The van der Waals surface area contributed by atoms with Crippen LogP contribution in [-0.2, 0) is 36.8 Å². The first-order valence-corrected chi connectivity index (χ1v) is 11.0. The summed E-state index contributed by atoms with van der Waals surface area (Å²) in [5, 5.41) is 13.8. The Morgan fingerprint density at radius 2 is 2.06 bits per heavy atom. The molecule has 1 aromatic rings. The number of aliphatic carboxylic acids is 1. The largest absolute Gasteiger partial charge is 0.477 e. The molecule has 2 aliphatic rings. The second kappa shape index (κ2) is 9.26. The first-order valence-electron chi connectivity index (χ1n) is 9.16. The zero-order valence-electron chi connectivity index (χ0n) is 16.8. The van der Waals surface area contributed by atoms with Crippen LogP contribution in [0.15, 0.2) is 23.4 Å². The molecule has 168 valence electrons. The van der Waals surface area contributed by atoms with E-state index < -0.39 is 35.0 Å². The van der Waals surface area contributed by atoms with E-state index in [0.717, 1.165) is 14.7 Å². The Balaban J connectivity index is 1.77. The molecule has 0 aromatic carbocycles. The van der Waals surface area contributed by atoms with E-state index in [1.807, 2.05) is 6.07 Å². The predicted octanol–water partition coefficient (Wildman–Crippen LogP) is -0.182. The molecule has 3 rings (SSSR count). The number of carboxylic acids is 1. The molecule has 1 fully saturated rings. The SMILES string of the molecule is CNC(=O)OCC1=C(C(=O)O)N2C(=O)[C@](NC(=O)Cc3ccc(CN)s3)(OC)[C@@H]2SC1. The van der Waals surface area contributed by atoms with Gasteiger partial charge in [0.2, 0.25) is 5.91 Å². The minimum absolute atomic E-state index is 0.0350. The number of alkyl carbamates (subject to hydrolysis) is 1. The monoisotopic (exact) mass is 470 g/mol. The number of methoxy groups -OCH3 is 1. The quantitative estimate of drug-likeness (QED) is 0.298. The fourth-order valence-electron chi connectivity index (χ4n) is 3.32. The van der Waals surface area contributed by atoms with Crippen molar-refractivity contribution in [1.82, 2.24) is 15.5 Å². The maximum absolute atomic E-state index is 13.0. The van der Waals surface area contributed by atoms with Gasteiger partial charge in [-0.25, -0.2) is 9.59 Å². The highest BCUT2D eigenvalue weighted by atomic mass is 32.2. The smallest absolute Gasteiger partial charge is 0.407 e. The lowest BCUT2D eigenvalue weighted by Gasteiger charge is -2.55.